The molecular formula is C11H19N3. The first-order valence-corrected chi connectivity index (χ1v) is 5.00. The van der Waals surface area contributed by atoms with Gasteiger partial charge in [-0.1, -0.05) is 0 Å². The predicted octanol–water partition coefficient (Wildman–Crippen LogP) is 1.55. The van der Waals surface area contributed by atoms with Crippen molar-refractivity contribution in [3.05, 3.63) is 24.0 Å². The maximum atomic E-state index is 5.56. The highest BCUT2D eigenvalue weighted by atomic mass is 15.1. The number of nitrogen functional groups attached to an aromatic ring is 1. The highest BCUT2D eigenvalue weighted by Crippen LogP contribution is 2.03. The molecule has 1 aromatic heterocycles. The standard InChI is InChI=1S/C11H19N3/c1-9(2)14(3)7-6-11-5-4-10(12)8-13-11/h4-5,8-9H,6-7,12H2,1-3H3. The van der Waals surface area contributed by atoms with E-state index in [-0.39, 0.29) is 0 Å². The molecule has 0 aliphatic heterocycles. The molecule has 0 radical (unpaired) electrons. The zero-order valence-electron chi connectivity index (χ0n) is 9.20. The average Bonchev–Trinajstić information content (AvgIpc) is 2.16. The largest absolute Gasteiger partial charge is 0.397 e. The third kappa shape index (κ3) is 3.34. The second-order valence-corrected chi connectivity index (χ2v) is 3.91. The van der Waals surface area contributed by atoms with E-state index in [0.29, 0.717) is 6.04 Å². The number of anilines is 1. The molecule has 3 heteroatoms. The van der Waals surface area contributed by atoms with Gasteiger partial charge in [-0.15, -0.1) is 0 Å². The molecule has 0 aliphatic rings. The van der Waals surface area contributed by atoms with Crippen molar-refractivity contribution in [1.29, 1.82) is 0 Å². The number of rotatable bonds is 4. The molecular weight excluding hydrogens is 174 g/mol. The van der Waals surface area contributed by atoms with Crippen molar-refractivity contribution in [3.8, 4) is 0 Å². The second kappa shape index (κ2) is 4.96. The molecule has 0 atom stereocenters. The molecule has 0 amide bonds. The predicted molar refractivity (Wildman–Crippen MR) is 60.1 cm³/mol. The number of nitrogens with zero attached hydrogens (tertiary/aromatic N) is 2. The van der Waals surface area contributed by atoms with Gasteiger partial charge in [0.15, 0.2) is 0 Å². The summed E-state index contributed by atoms with van der Waals surface area (Å²) in [5.41, 5.74) is 7.39. The zero-order valence-corrected chi connectivity index (χ0v) is 9.20. The first-order valence-electron chi connectivity index (χ1n) is 5.00. The fourth-order valence-electron chi connectivity index (χ4n) is 1.13. The van der Waals surface area contributed by atoms with Crippen molar-refractivity contribution in [2.24, 2.45) is 0 Å². The third-order valence-electron chi connectivity index (χ3n) is 2.45. The molecule has 3 nitrogen and oxygen atoms in total. The summed E-state index contributed by atoms with van der Waals surface area (Å²) in [6, 6.07) is 4.48. The van der Waals surface area contributed by atoms with Crippen LogP contribution in [0.4, 0.5) is 5.69 Å². The topological polar surface area (TPSA) is 42.1 Å². The molecule has 0 aromatic carbocycles. The van der Waals surface area contributed by atoms with E-state index in [2.05, 4.69) is 30.8 Å². The van der Waals surface area contributed by atoms with E-state index in [4.69, 9.17) is 5.73 Å². The van der Waals surface area contributed by atoms with Gasteiger partial charge in [-0.05, 0) is 33.0 Å². The van der Waals surface area contributed by atoms with Crippen LogP contribution in [0.15, 0.2) is 18.3 Å². The summed E-state index contributed by atoms with van der Waals surface area (Å²) in [5.74, 6) is 0. The molecule has 0 saturated carbocycles. The van der Waals surface area contributed by atoms with Crippen molar-refractivity contribution >= 4 is 5.69 Å². The van der Waals surface area contributed by atoms with E-state index in [1.165, 1.54) is 0 Å². The number of aromatic nitrogens is 1. The highest BCUT2D eigenvalue weighted by molar-refractivity contribution is 5.34. The van der Waals surface area contributed by atoms with Crippen LogP contribution < -0.4 is 5.73 Å². The molecule has 78 valence electrons. The summed E-state index contributed by atoms with van der Waals surface area (Å²) < 4.78 is 0. The Hall–Kier alpha value is -1.09. The Morgan fingerprint density at radius 3 is 2.64 bits per heavy atom. The van der Waals surface area contributed by atoms with Gasteiger partial charge in [-0.3, -0.25) is 4.98 Å². The number of hydrogen-bond acceptors (Lipinski definition) is 3. The fraction of sp³-hybridized carbons (Fsp3) is 0.545. The van der Waals surface area contributed by atoms with Gasteiger partial charge in [0.05, 0.1) is 11.9 Å². The number of nitrogens with two attached hydrogens (primary N) is 1. The molecule has 0 saturated heterocycles. The Morgan fingerprint density at radius 2 is 2.14 bits per heavy atom. The minimum absolute atomic E-state index is 0.587. The van der Waals surface area contributed by atoms with Crippen LogP contribution in [0, 0.1) is 0 Å². The van der Waals surface area contributed by atoms with Crippen LogP contribution in [0.25, 0.3) is 0 Å². The smallest absolute Gasteiger partial charge is 0.0501 e. The quantitative estimate of drug-likeness (QED) is 0.788. The van der Waals surface area contributed by atoms with Crippen LogP contribution in [0.3, 0.4) is 0 Å². The first kappa shape index (κ1) is 11.0. The Labute approximate surface area is 85.9 Å². The summed E-state index contributed by atoms with van der Waals surface area (Å²) in [6.07, 6.45) is 2.69. The Bertz CT molecular complexity index is 266. The van der Waals surface area contributed by atoms with Crippen molar-refractivity contribution < 1.29 is 0 Å². The van der Waals surface area contributed by atoms with Gasteiger partial charge < -0.3 is 10.6 Å². The molecule has 1 rings (SSSR count). The molecule has 0 bridgehead atoms. The molecule has 0 aliphatic carbocycles. The van der Waals surface area contributed by atoms with Gasteiger partial charge in [0.1, 0.15) is 0 Å². The van der Waals surface area contributed by atoms with Crippen LogP contribution in [0.2, 0.25) is 0 Å². The molecule has 14 heavy (non-hydrogen) atoms. The van der Waals surface area contributed by atoms with Crippen LogP contribution >= 0.6 is 0 Å². The van der Waals surface area contributed by atoms with Gasteiger partial charge in [0, 0.05) is 24.7 Å². The summed E-state index contributed by atoms with van der Waals surface area (Å²) in [6.45, 7) is 5.42. The lowest BCUT2D eigenvalue weighted by atomic mass is 10.2. The van der Waals surface area contributed by atoms with Crippen LogP contribution in [0.5, 0.6) is 0 Å². The monoisotopic (exact) mass is 193 g/mol. The fourth-order valence-corrected chi connectivity index (χ4v) is 1.13. The lowest BCUT2D eigenvalue weighted by Gasteiger charge is -2.20. The Morgan fingerprint density at radius 1 is 1.43 bits per heavy atom. The minimum Gasteiger partial charge on any atom is -0.397 e. The number of pyridine rings is 1. The maximum absolute atomic E-state index is 5.56. The van der Waals surface area contributed by atoms with Gasteiger partial charge in [-0.25, -0.2) is 0 Å². The van der Waals surface area contributed by atoms with Crippen molar-refractivity contribution in [2.45, 2.75) is 26.3 Å². The molecule has 1 heterocycles. The van der Waals surface area contributed by atoms with E-state index in [1.54, 1.807) is 6.20 Å². The zero-order chi connectivity index (χ0) is 10.6. The normalized spacial score (nSPS) is 11.2. The van der Waals surface area contributed by atoms with Gasteiger partial charge in [-0.2, -0.15) is 0 Å². The molecule has 1 aromatic rings. The van der Waals surface area contributed by atoms with E-state index in [0.717, 1.165) is 24.3 Å². The highest BCUT2D eigenvalue weighted by Gasteiger charge is 2.03. The van der Waals surface area contributed by atoms with Crippen molar-refractivity contribution in [1.82, 2.24) is 9.88 Å². The van der Waals surface area contributed by atoms with Gasteiger partial charge in [0.2, 0.25) is 0 Å². The summed E-state index contributed by atoms with van der Waals surface area (Å²) in [5, 5.41) is 0. The Kier molecular flexibility index (Phi) is 3.89. The lowest BCUT2D eigenvalue weighted by molar-refractivity contribution is 0.276. The van der Waals surface area contributed by atoms with E-state index in [9.17, 15) is 0 Å². The summed E-state index contributed by atoms with van der Waals surface area (Å²) >= 11 is 0. The molecule has 0 unspecified atom stereocenters. The van der Waals surface area contributed by atoms with Gasteiger partial charge >= 0.3 is 0 Å². The SMILES string of the molecule is CC(C)N(C)CCc1ccc(N)cn1. The molecule has 2 N–H and O–H groups in total. The number of likely N-dealkylation sites (N-methyl/N-ethyl adjacent to an activating group) is 1. The Balaban J connectivity index is 2.42. The molecule has 0 spiro atoms. The maximum Gasteiger partial charge on any atom is 0.0501 e. The van der Waals surface area contributed by atoms with E-state index in [1.807, 2.05) is 12.1 Å². The number of hydrogen-bond donors (Lipinski definition) is 1. The summed E-state index contributed by atoms with van der Waals surface area (Å²) in [4.78, 5) is 6.56. The van der Waals surface area contributed by atoms with Gasteiger partial charge in [0.25, 0.3) is 0 Å². The first-order chi connectivity index (χ1) is 6.59. The third-order valence-corrected chi connectivity index (χ3v) is 2.45. The average molecular weight is 193 g/mol. The lowest BCUT2D eigenvalue weighted by Crippen LogP contribution is -2.28. The van der Waals surface area contributed by atoms with Crippen molar-refractivity contribution in [3.63, 3.8) is 0 Å². The second-order valence-electron chi connectivity index (χ2n) is 3.91. The minimum atomic E-state index is 0.587. The van der Waals surface area contributed by atoms with Crippen molar-refractivity contribution in [2.75, 3.05) is 19.3 Å². The van der Waals surface area contributed by atoms with Crippen LogP contribution in [-0.2, 0) is 6.42 Å². The van der Waals surface area contributed by atoms with Crippen LogP contribution in [-0.4, -0.2) is 29.5 Å². The summed E-state index contributed by atoms with van der Waals surface area (Å²) in [7, 11) is 2.13. The molecule has 0 fully saturated rings. The van der Waals surface area contributed by atoms with E-state index >= 15 is 0 Å². The van der Waals surface area contributed by atoms with E-state index < -0.39 is 0 Å². The van der Waals surface area contributed by atoms with Crippen LogP contribution in [0.1, 0.15) is 19.5 Å².